The summed E-state index contributed by atoms with van der Waals surface area (Å²) >= 11 is 1.48. The van der Waals surface area contributed by atoms with Gasteiger partial charge in [0.2, 0.25) is 5.95 Å². The SMILES string of the molecule is CCN1CCN(c2cccc(Nc3nccc(-c4c(-c5cccc(NC(=O)c6c(F)cccc6F)c5)nc5sccn45)n3)c2)CC1. The maximum Gasteiger partial charge on any atom is 0.261 e. The molecule has 232 valence electrons. The fraction of sp³-hybridized carbons (Fsp3) is 0.176. The lowest BCUT2D eigenvalue weighted by Gasteiger charge is -2.35. The molecule has 46 heavy (non-hydrogen) atoms. The van der Waals surface area contributed by atoms with Gasteiger partial charge in [-0.25, -0.2) is 23.7 Å². The molecule has 12 heteroatoms. The second kappa shape index (κ2) is 12.7. The molecule has 0 atom stereocenters. The molecule has 0 radical (unpaired) electrons. The van der Waals surface area contributed by atoms with Crippen molar-refractivity contribution >= 4 is 45.2 Å². The average Bonchev–Trinajstić information content (AvgIpc) is 3.67. The van der Waals surface area contributed by atoms with Crippen LogP contribution in [0.1, 0.15) is 17.3 Å². The summed E-state index contributed by atoms with van der Waals surface area (Å²) in [5, 5.41) is 7.93. The Morgan fingerprint density at radius 2 is 1.67 bits per heavy atom. The van der Waals surface area contributed by atoms with E-state index in [2.05, 4.69) is 44.5 Å². The monoisotopic (exact) mass is 636 g/mol. The van der Waals surface area contributed by atoms with Crippen LogP contribution in [0.2, 0.25) is 0 Å². The number of anilines is 4. The van der Waals surface area contributed by atoms with E-state index in [9.17, 15) is 13.6 Å². The number of hydrogen-bond acceptors (Lipinski definition) is 8. The number of likely N-dealkylation sites (N-methyl/N-ethyl adjacent to an activating group) is 1. The Balaban J connectivity index is 1.17. The van der Waals surface area contributed by atoms with Crippen LogP contribution in [0.3, 0.4) is 0 Å². The standard InChI is InChI=1S/C34H30F2N8OS/c1-2-42-14-16-43(17-15-42)25-9-4-8-24(21-25)39-33-37-13-12-28(40-33)31-30(41-34-44(31)18-19-46-34)22-6-3-7-23(20-22)38-32(45)29-26(35)10-5-11-27(29)36/h3-13,18-21H,2,14-17H2,1H3,(H,38,45)(H,37,39,40). The summed E-state index contributed by atoms with van der Waals surface area (Å²) in [5.41, 5.74) is 4.49. The molecule has 1 saturated heterocycles. The number of nitrogens with zero attached hydrogens (tertiary/aromatic N) is 6. The predicted octanol–water partition coefficient (Wildman–Crippen LogP) is 6.94. The van der Waals surface area contributed by atoms with Crippen LogP contribution in [0.4, 0.5) is 31.8 Å². The van der Waals surface area contributed by atoms with Crippen molar-refractivity contribution in [1.29, 1.82) is 0 Å². The van der Waals surface area contributed by atoms with Crippen LogP contribution in [-0.4, -0.2) is 62.9 Å². The van der Waals surface area contributed by atoms with E-state index < -0.39 is 23.1 Å². The zero-order valence-electron chi connectivity index (χ0n) is 25.0. The number of amides is 1. The Bertz CT molecular complexity index is 2010. The molecular formula is C34H30F2N8OS. The Morgan fingerprint density at radius 1 is 0.913 bits per heavy atom. The number of aromatic nitrogens is 4. The van der Waals surface area contributed by atoms with Gasteiger partial charge < -0.3 is 20.4 Å². The number of benzene rings is 3. The molecule has 6 aromatic rings. The summed E-state index contributed by atoms with van der Waals surface area (Å²) in [6, 6.07) is 20.4. The van der Waals surface area contributed by atoms with E-state index in [0.29, 0.717) is 28.6 Å². The van der Waals surface area contributed by atoms with Crippen LogP contribution >= 0.6 is 11.3 Å². The van der Waals surface area contributed by atoms with E-state index in [0.717, 1.165) is 66.9 Å². The van der Waals surface area contributed by atoms with E-state index in [1.165, 1.54) is 17.4 Å². The maximum absolute atomic E-state index is 14.2. The third-order valence-electron chi connectivity index (χ3n) is 8.03. The Hall–Kier alpha value is -5.20. The number of imidazole rings is 1. The molecule has 9 nitrogen and oxygen atoms in total. The van der Waals surface area contributed by atoms with Gasteiger partial charge in [0.1, 0.15) is 22.9 Å². The Kier molecular flexibility index (Phi) is 8.12. The first kappa shape index (κ1) is 29.5. The zero-order chi connectivity index (χ0) is 31.6. The molecule has 0 aliphatic carbocycles. The van der Waals surface area contributed by atoms with Crippen LogP contribution in [0.25, 0.3) is 27.6 Å². The highest BCUT2D eigenvalue weighted by molar-refractivity contribution is 7.15. The van der Waals surface area contributed by atoms with Crippen molar-refractivity contribution in [2.24, 2.45) is 0 Å². The second-order valence-corrected chi connectivity index (χ2v) is 11.7. The minimum atomic E-state index is -0.931. The van der Waals surface area contributed by atoms with Crippen molar-refractivity contribution in [3.63, 3.8) is 0 Å². The quantitative estimate of drug-likeness (QED) is 0.187. The molecule has 1 aliphatic heterocycles. The van der Waals surface area contributed by atoms with E-state index in [4.69, 9.17) is 9.97 Å². The van der Waals surface area contributed by atoms with E-state index >= 15 is 0 Å². The Morgan fingerprint density at radius 3 is 2.48 bits per heavy atom. The van der Waals surface area contributed by atoms with Crippen LogP contribution in [0.15, 0.2) is 90.6 Å². The van der Waals surface area contributed by atoms with Gasteiger partial charge in [-0.2, -0.15) is 0 Å². The lowest BCUT2D eigenvalue weighted by Crippen LogP contribution is -2.46. The molecule has 3 aromatic carbocycles. The highest BCUT2D eigenvalue weighted by Gasteiger charge is 2.21. The highest BCUT2D eigenvalue weighted by Crippen LogP contribution is 2.35. The van der Waals surface area contributed by atoms with Gasteiger partial charge in [0.25, 0.3) is 5.91 Å². The predicted molar refractivity (Wildman–Crippen MR) is 178 cm³/mol. The van der Waals surface area contributed by atoms with Crippen molar-refractivity contribution in [1.82, 2.24) is 24.3 Å². The highest BCUT2D eigenvalue weighted by atomic mass is 32.1. The molecule has 1 aliphatic rings. The molecule has 1 fully saturated rings. The molecule has 1 amide bonds. The molecule has 0 bridgehead atoms. The second-order valence-electron chi connectivity index (χ2n) is 10.9. The van der Waals surface area contributed by atoms with Crippen molar-refractivity contribution in [3.8, 4) is 22.6 Å². The largest absolute Gasteiger partial charge is 0.369 e. The van der Waals surface area contributed by atoms with Crippen LogP contribution in [-0.2, 0) is 0 Å². The topological polar surface area (TPSA) is 90.7 Å². The minimum Gasteiger partial charge on any atom is -0.369 e. The van der Waals surface area contributed by atoms with Crippen molar-refractivity contribution in [2.45, 2.75) is 6.92 Å². The van der Waals surface area contributed by atoms with E-state index in [1.807, 2.05) is 40.2 Å². The molecule has 0 saturated carbocycles. The third kappa shape index (κ3) is 5.92. The van der Waals surface area contributed by atoms with E-state index in [-0.39, 0.29) is 0 Å². The first-order valence-electron chi connectivity index (χ1n) is 15.0. The van der Waals surface area contributed by atoms with E-state index in [1.54, 1.807) is 24.4 Å². The number of halogens is 2. The number of carbonyl (C=O) groups is 1. The maximum atomic E-state index is 14.2. The number of carbonyl (C=O) groups excluding carboxylic acids is 1. The first-order chi connectivity index (χ1) is 22.5. The van der Waals surface area contributed by atoms with Crippen molar-refractivity contribution in [2.75, 3.05) is 48.3 Å². The molecule has 4 heterocycles. The van der Waals surface area contributed by atoms with Crippen molar-refractivity contribution < 1.29 is 13.6 Å². The number of hydrogen-bond donors (Lipinski definition) is 2. The van der Waals surface area contributed by atoms with Gasteiger partial charge in [0.15, 0.2) is 4.96 Å². The summed E-state index contributed by atoms with van der Waals surface area (Å²) in [5.74, 6) is -2.30. The molecular weight excluding hydrogens is 606 g/mol. The summed E-state index contributed by atoms with van der Waals surface area (Å²) in [6.45, 7) is 7.32. The molecule has 7 rings (SSSR count). The number of piperazine rings is 1. The third-order valence-corrected chi connectivity index (χ3v) is 8.79. The molecule has 3 aromatic heterocycles. The van der Waals surface area contributed by atoms with Gasteiger partial charge in [-0.3, -0.25) is 9.20 Å². The number of fused-ring (bicyclic) bond motifs is 1. The van der Waals surface area contributed by atoms with Gasteiger partial charge in [0.05, 0.1) is 11.4 Å². The lowest BCUT2D eigenvalue weighted by molar-refractivity contribution is 0.101. The summed E-state index contributed by atoms with van der Waals surface area (Å²) in [4.78, 5) is 32.6. The zero-order valence-corrected chi connectivity index (χ0v) is 25.8. The number of nitrogens with one attached hydrogen (secondary N) is 2. The smallest absolute Gasteiger partial charge is 0.261 e. The van der Waals surface area contributed by atoms with Gasteiger partial charge in [-0.05, 0) is 55.1 Å². The molecule has 2 N–H and O–H groups in total. The fourth-order valence-electron chi connectivity index (χ4n) is 5.67. The summed E-state index contributed by atoms with van der Waals surface area (Å²) in [6.07, 6.45) is 3.63. The van der Waals surface area contributed by atoms with Gasteiger partial charge in [-0.1, -0.05) is 31.2 Å². The minimum absolute atomic E-state index is 0.369. The molecule has 0 unspecified atom stereocenters. The number of thiazole rings is 1. The van der Waals surface area contributed by atoms with Gasteiger partial charge in [0, 0.05) is 66.6 Å². The lowest BCUT2D eigenvalue weighted by atomic mass is 10.1. The summed E-state index contributed by atoms with van der Waals surface area (Å²) < 4.78 is 30.4. The fourth-order valence-corrected chi connectivity index (χ4v) is 6.38. The Labute approximate surface area is 268 Å². The number of rotatable bonds is 8. The van der Waals surface area contributed by atoms with Gasteiger partial charge in [-0.15, -0.1) is 11.3 Å². The first-order valence-corrected chi connectivity index (χ1v) is 15.8. The molecule has 0 spiro atoms. The van der Waals surface area contributed by atoms with Crippen LogP contribution in [0, 0.1) is 11.6 Å². The van der Waals surface area contributed by atoms with Crippen LogP contribution in [0.5, 0.6) is 0 Å². The summed E-state index contributed by atoms with van der Waals surface area (Å²) in [7, 11) is 0. The average molecular weight is 637 g/mol. The van der Waals surface area contributed by atoms with Crippen molar-refractivity contribution in [3.05, 3.63) is 108 Å². The normalized spacial score (nSPS) is 13.7. The van der Waals surface area contributed by atoms with Crippen LogP contribution < -0.4 is 15.5 Å². The van der Waals surface area contributed by atoms with Gasteiger partial charge >= 0.3 is 0 Å².